The Morgan fingerprint density at radius 3 is 2.44 bits per heavy atom. The van der Waals surface area contributed by atoms with Crippen molar-refractivity contribution < 1.29 is 4.74 Å². The van der Waals surface area contributed by atoms with Crippen LogP contribution in [0.25, 0.3) is 0 Å². The Hall–Kier alpha value is -3.15. The molecular formula is C21H25N5O. The van der Waals surface area contributed by atoms with Crippen LogP contribution >= 0.6 is 0 Å². The van der Waals surface area contributed by atoms with E-state index in [1.807, 2.05) is 42.5 Å². The molecule has 0 spiro atoms. The van der Waals surface area contributed by atoms with E-state index in [2.05, 4.69) is 52.7 Å². The summed E-state index contributed by atoms with van der Waals surface area (Å²) >= 11 is 0. The fourth-order valence-electron chi connectivity index (χ4n) is 2.75. The Balaban J connectivity index is 1.71. The van der Waals surface area contributed by atoms with Crippen molar-refractivity contribution >= 4 is 17.5 Å². The Morgan fingerprint density at radius 1 is 1.00 bits per heavy atom. The van der Waals surface area contributed by atoms with E-state index in [4.69, 9.17) is 4.74 Å². The van der Waals surface area contributed by atoms with Crippen molar-refractivity contribution in [2.75, 3.05) is 17.7 Å². The van der Waals surface area contributed by atoms with Crippen LogP contribution in [-0.4, -0.2) is 22.3 Å². The number of nitrogens with one attached hydrogen (secondary N) is 2. The molecule has 3 rings (SSSR count). The number of methoxy groups -OCH3 is 1. The molecule has 0 unspecified atom stereocenters. The van der Waals surface area contributed by atoms with Crippen LogP contribution in [0.2, 0.25) is 0 Å². The molecule has 6 heteroatoms. The molecule has 2 N–H and O–H groups in total. The van der Waals surface area contributed by atoms with Crippen molar-refractivity contribution in [3.63, 3.8) is 0 Å². The molecule has 0 saturated heterocycles. The first-order chi connectivity index (χ1) is 13.0. The zero-order valence-corrected chi connectivity index (χ0v) is 16.2. The standard InChI is InChI=1S/C21H25N5O/c1-21(2,3)17-7-5-6-8-18(17)24-19-14-23-26-20(25-19)22-13-15-9-11-16(27-4)12-10-15/h5-12,14H,13H2,1-4H3,(H2,22,24,25,26). The summed E-state index contributed by atoms with van der Waals surface area (Å²) < 4.78 is 5.17. The molecular weight excluding hydrogens is 338 g/mol. The van der Waals surface area contributed by atoms with Gasteiger partial charge in [0.05, 0.1) is 13.3 Å². The third-order valence-electron chi connectivity index (χ3n) is 4.17. The quantitative estimate of drug-likeness (QED) is 0.670. The van der Waals surface area contributed by atoms with Crippen molar-refractivity contribution in [3.8, 4) is 5.75 Å². The topological polar surface area (TPSA) is 72.0 Å². The van der Waals surface area contributed by atoms with Crippen LogP contribution in [0, 0.1) is 0 Å². The van der Waals surface area contributed by atoms with E-state index in [1.165, 1.54) is 5.56 Å². The first-order valence-electron chi connectivity index (χ1n) is 8.89. The predicted molar refractivity (Wildman–Crippen MR) is 109 cm³/mol. The van der Waals surface area contributed by atoms with Crippen LogP contribution in [0.1, 0.15) is 31.9 Å². The summed E-state index contributed by atoms with van der Waals surface area (Å²) in [5.74, 6) is 1.96. The summed E-state index contributed by atoms with van der Waals surface area (Å²) in [5.41, 5.74) is 3.37. The van der Waals surface area contributed by atoms with Gasteiger partial charge in [0.25, 0.3) is 0 Å². The molecule has 0 aliphatic carbocycles. The monoisotopic (exact) mass is 363 g/mol. The van der Waals surface area contributed by atoms with Gasteiger partial charge in [-0.2, -0.15) is 10.1 Å². The smallest absolute Gasteiger partial charge is 0.244 e. The third kappa shape index (κ3) is 4.94. The van der Waals surface area contributed by atoms with Crippen LogP contribution in [0.15, 0.2) is 54.7 Å². The van der Waals surface area contributed by atoms with Gasteiger partial charge >= 0.3 is 0 Å². The molecule has 1 heterocycles. The van der Waals surface area contributed by atoms with Crippen molar-refractivity contribution in [1.82, 2.24) is 15.2 Å². The second kappa shape index (κ2) is 8.03. The lowest BCUT2D eigenvalue weighted by molar-refractivity contribution is 0.414. The lowest BCUT2D eigenvalue weighted by Gasteiger charge is -2.23. The van der Waals surface area contributed by atoms with Gasteiger partial charge in [0.15, 0.2) is 5.82 Å². The van der Waals surface area contributed by atoms with E-state index in [1.54, 1.807) is 13.3 Å². The summed E-state index contributed by atoms with van der Waals surface area (Å²) in [7, 11) is 1.66. The van der Waals surface area contributed by atoms with Crippen molar-refractivity contribution in [1.29, 1.82) is 0 Å². The number of anilines is 3. The highest BCUT2D eigenvalue weighted by atomic mass is 16.5. The molecule has 6 nitrogen and oxygen atoms in total. The number of hydrogen-bond donors (Lipinski definition) is 2. The number of nitrogens with zero attached hydrogens (tertiary/aromatic N) is 3. The normalized spacial score (nSPS) is 11.1. The fraction of sp³-hybridized carbons (Fsp3) is 0.286. The van der Waals surface area contributed by atoms with E-state index in [-0.39, 0.29) is 5.41 Å². The average Bonchev–Trinajstić information content (AvgIpc) is 2.67. The van der Waals surface area contributed by atoms with Crippen molar-refractivity contribution in [2.45, 2.75) is 32.7 Å². The lowest BCUT2D eigenvalue weighted by atomic mass is 9.86. The number of hydrogen-bond acceptors (Lipinski definition) is 6. The molecule has 2 aromatic carbocycles. The summed E-state index contributed by atoms with van der Waals surface area (Å²) in [6, 6.07) is 16.1. The number of ether oxygens (including phenoxy) is 1. The first-order valence-corrected chi connectivity index (χ1v) is 8.89. The summed E-state index contributed by atoms with van der Waals surface area (Å²) in [6.45, 7) is 7.17. The molecule has 0 amide bonds. The van der Waals surface area contributed by atoms with E-state index >= 15 is 0 Å². The van der Waals surface area contributed by atoms with Gasteiger partial charge in [0, 0.05) is 12.2 Å². The van der Waals surface area contributed by atoms with E-state index in [9.17, 15) is 0 Å². The number of para-hydroxylation sites is 1. The largest absolute Gasteiger partial charge is 0.497 e. The van der Waals surface area contributed by atoms with Crippen LogP contribution in [0.3, 0.4) is 0 Å². The SMILES string of the molecule is COc1ccc(CNc2nncc(Nc3ccccc3C(C)(C)C)n2)cc1. The highest BCUT2D eigenvalue weighted by Crippen LogP contribution is 2.30. The van der Waals surface area contributed by atoms with E-state index in [0.717, 1.165) is 17.0 Å². The summed E-state index contributed by atoms with van der Waals surface area (Å²) in [4.78, 5) is 4.52. The van der Waals surface area contributed by atoms with Gasteiger partial charge in [0.1, 0.15) is 5.75 Å². The average molecular weight is 363 g/mol. The first kappa shape index (κ1) is 18.6. The lowest BCUT2D eigenvalue weighted by Crippen LogP contribution is -2.14. The molecule has 140 valence electrons. The Labute approximate surface area is 160 Å². The zero-order chi connectivity index (χ0) is 19.3. The molecule has 1 aromatic heterocycles. The second-order valence-corrected chi connectivity index (χ2v) is 7.29. The predicted octanol–water partition coefficient (Wildman–Crippen LogP) is 4.53. The van der Waals surface area contributed by atoms with Crippen LogP contribution < -0.4 is 15.4 Å². The Kier molecular flexibility index (Phi) is 5.54. The summed E-state index contributed by atoms with van der Waals surface area (Å²) in [6.07, 6.45) is 1.62. The van der Waals surface area contributed by atoms with Gasteiger partial charge in [-0.25, -0.2) is 0 Å². The molecule has 27 heavy (non-hydrogen) atoms. The molecule has 0 aliphatic rings. The second-order valence-electron chi connectivity index (χ2n) is 7.29. The van der Waals surface area contributed by atoms with Gasteiger partial charge in [0.2, 0.25) is 5.95 Å². The van der Waals surface area contributed by atoms with Gasteiger partial charge in [-0.3, -0.25) is 0 Å². The van der Waals surface area contributed by atoms with Crippen LogP contribution in [0.5, 0.6) is 5.75 Å². The van der Waals surface area contributed by atoms with E-state index < -0.39 is 0 Å². The molecule has 3 aromatic rings. The molecule has 0 aliphatic heterocycles. The maximum absolute atomic E-state index is 5.17. The number of benzene rings is 2. The third-order valence-corrected chi connectivity index (χ3v) is 4.17. The van der Waals surface area contributed by atoms with Crippen LogP contribution in [-0.2, 0) is 12.0 Å². The Morgan fingerprint density at radius 2 is 1.74 bits per heavy atom. The summed E-state index contributed by atoms with van der Waals surface area (Å²) in [5, 5.41) is 14.7. The molecule has 0 saturated carbocycles. The fourth-order valence-corrected chi connectivity index (χ4v) is 2.75. The minimum atomic E-state index is 0.0273. The van der Waals surface area contributed by atoms with E-state index in [0.29, 0.717) is 18.3 Å². The minimum Gasteiger partial charge on any atom is -0.497 e. The molecule has 0 radical (unpaired) electrons. The van der Waals surface area contributed by atoms with Crippen molar-refractivity contribution in [3.05, 3.63) is 65.9 Å². The molecule has 0 atom stereocenters. The molecule has 0 bridgehead atoms. The number of aromatic nitrogens is 3. The highest BCUT2D eigenvalue weighted by Gasteiger charge is 2.17. The minimum absolute atomic E-state index is 0.0273. The zero-order valence-electron chi connectivity index (χ0n) is 16.2. The maximum atomic E-state index is 5.17. The number of rotatable bonds is 6. The van der Waals surface area contributed by atoms with Gasteiger partial charge in [-0.1, -0.05) is 51.1 Å². The van der Waals surface area contributed by atoms with Gasteiger partial charge in [-0.05, 0) is 34.7 Å². The molecule has 0 fully saturated rings. The van der Waals surface area contributed by atoms with Gasteiger partial charge in [-0.15, -0.1) is 5.10 Å². The highest BCUT2D eigenvalue weighted by molar-refractivity contribution is 5.62. The van der Waals surface area contributed by atoms with Crippen LogP contribution in [0.4, 0.5) is 17.5 Å². The Bertz CT molecular complexity index is 888. The van der Waals surface area contributed by atoms with Gasteiger partial charge < -0.3 is 15.4 Å². The maximum Gasteiger partial charge on any atom is 0.244 e. The van der Waals surface area contributed by atoms with Crippen molar-refractivity contribution in [2.24, 2.45) is 0 Å².